The summed E-state index contributed by atoms with van der Waals surface area (Å²) in [6, 6.07) is 1.96. The highest BCUT2D eigenvalue weighted by atomic mass is 16.3. The van der Waals surface area contributed by atoms with Crippen molar-refractivity contribution in [2.24, 2.45) is 17.6 Å². The van der Waals surface area contributed by atoms with Crippen molar-refractivity contribution < 1.29 is 5.11 Å². The number of fused-ring (bicyclic) bond motifs is 1. The maximum absolute atomic E-state index is 10.0. The number of nitrogen functional groups attached to an aromatic ring is 1. The van der Waals surface area contributed by atoms with Gasteiger partial charge in [-0.05, 0) is 44.2 Å². The van der Waals surface area contributed by atoms with Crippen LogP contribution in [0, 0.1) is 31.1 Å². The number of aromatic nitrogens is 1. The number of nitrogens with one attached hydrogen (secondary N) is 1. The van der Waals surface area contributed by atoms with Crippen LogP contribution < -0.4 is 10.6 Å². The number of hydrogen-bond donors (Lipinski definition) is 3. The maximum atomic E-state index is 10.0. The number of pyridine rings is 1. The van der Waals surface area contributed by atoms with Crippen molar-refractivity contribution in [2.75, 3.05) is 18.0 Å². The highest BCUT2D eigenvalue weighted by molar-refractivity contribution is 6.01. The minimum Gasteiger partial charge on any atom is -0.393 e. The first-order valence-corrected chi connectivity index (χ1v) is 7.23. The van der Waals surface area contributed by atoms with E-state index in [-0.39, 0.29) is 11.9 Å². The molecule has 1 aromatic rings. The lowest BCUT2D eigenvalue weighted by Gasteiger charge is -2.23. The fraction of sp³-hybridized carbons (Fsp3) is 0.600. The van der Waals surface area contributed by atoms with Gasteiger partial charge < -0.3 is 15.7 Å². The molecule has 1 saturated carbocycles. The van der Waals surface area contributed by atoms with Gasteiger partial charge in [0.2, 0.25) is 0 Å². The van der Waals surface area contributed by atoms with E-state index in [0.29, 0.717) is 11.8 Å². The van der Waals surface area contributed by atoms with Crippen molar-refractivity contribution in [1.29, 1.82) is 5.41 Å². The largest absolute Gasteiger partial charge is 0.393 e. The predicted molar refractivity (Wildman–Crippen MR) is 79.2 cm³/mol. The van der Waals surface area contributed by atoms with Crippen molar-refractivity contribution >= 4 is 11.7 Å². The monoisotopic (exact) mass is 274 g/mol. The molecule has 1 aliphatic carbocycles. The van der Waals surface area contributed by atoms with Gasteiger partial charge in [0.1, 0.15) is 11.7 Å². The molecule has 108 valence electrons. The van der Waals surface area contributed by atoms with E-state index in [4.69, 9.17) is 11.1 Å². The first kappa shape index (κ1) is 13.4. The second-order valence-electron chi connectivity index (χ2n) is 6.17. The molecule has 3 rings (SSSR count). The predicted octanol–water partition coefficient (Wildman–Crippen LogP) is 1.19. The second kappa shape index (κ2) is 4.74. The smallest absolute Gasteiger partial charge is 0.140 e. The third-order valence-corrected chi connectivity index (χ3v) is 4.71. The lowest BCUT2D eigenvalue weighted by Crippen LogP contribution is -2.28. The molecular formula is C15H22N4O. The molecule has 3 atom stereocenters. The third-order valence-electron chi connectivity index (χ3n) is 4.71. The highest BCUT2D eigenvalue weighted by Gasteiger charge is 2.42. The van der Waals surface area contributed by atoms with E-state index in [1.807, 2.05) is 19.9 Å². The van der Waals surface area contributed by atoms with Crippen molar-refractivity contribution in [2.45, 2.75) is 32.8 Å². The quantitative estimate of drug-likeness (QED) is 0.558. The average Bonchev–Trinajstić information content (AvgIpc) is 2.90. The minimum absolute atomic E-state index is 0.0719. The van der Waals surface area contributed by atoms with Crippen molar-refractivity contribution in [1.82, 2.24) is 4.98 Å². The number of aliphatic hydroxyl groups excluding tert-OH is 1. The van der Waals surface area contributed by atoms with E-state index in [9.17, 15) is 5.11 Å². The van der Waals surface area contributed by atoms with E-state index in [0.717, 1.165) is 48.6 Å². The number of hydrogen-bond acceptors (Lipinski definition) is 4. The molecule has 4 N–H and O–H groups in total. The number of nitrogens with two attached hydrogens (primary N) is 1. The Balaban J connectivity index is 1.97. The molecule has 5 heteroatoms. The van der Waals surface area contributed by atoms with E-state index in [1.165, 1.54) is 0 Å². The van der Waals surface area contributed by atoms with Crippen molar-refractivity contribution in [3.8, 4) is 0 Å². The van der Waals surface area contributed by atoms with Crippen LogP contribution in [-0.4, -0.2) is 35.1 Å². The number of aliphatic hydroxyl groups is 1. The molecule has 5 nitrogen and oxygen atoms in total. The van der Waals surface area contributed by atoms with E-state index in [2.05, 4.69) is 9.88 Å². The van der Waals surface area contributed by atoms with Crippen LogP contribution in [0.5, 0.6) is 0 Å². The molecular weight excluding hydrogens is 252 g/mol. The molecule has 0 spiro atoms. The zero-order valence-corrected chi connectivity index (χ0v) is 12.1. The van der Waals surface area contributed by atoms with E-state index >= 15 is 0 Å². The van der Waals surface area contributed by atoms with Crippen LogP contribution >= 0.6 is 0 Å². The number of amidine groups is 1. The molecule has 1 aliphatic heterocycles. The summed E-state index contributed by atoms with van der Waals surface area (Å²) < 4.78 is 0. The van der Waals surface area contributed by atoms with Crippen LogP contribution in [0.15, 0.2) is 6.07 Å². The lowest BCUT2D eigenvalue weighted by molar-refractivity contribution is 0.133. The molecule has 3 unspecified atom stereocenters. The first-order chi connectivity index (χ1) is 9.47. The van der Waals surface area contributed by atoms with Gasteiger partial charge in [-0.3, -0.25) is 5.41 Å². The van der Waals surface area contributed by atoms with Gasteiger partial charge in [0.05, 0.1) is 11.7 Å². The van der Waals surface area contributed by atoms with Crippen LogP contribution in [0.25, 0.3) is 0 Å². The van der Waals surface area contributed by atoms with Gasteiger partial charge in [0.25, 0.3) is 0 Å². The summed E-state index contributed by atoms with van der Waals surface area (Å²) in [5.41, 5.74) is 8.43. The van der Waals surface area contributed by atoms with Crippen LogP contribution in [0.1, 0.15) is 29.7 Å². The third kappa shape index (κ3) is 2.06. The Kier molecular flexibility index (Phi) is 3.17. The standard InChI is InChI=1S/C15H22N4O/c1-8-5-9(2)18-15(13(8)14(16)17)19-6-10-3-4-12(20)11(10)7-19/h5,10-12,20H,3-4,6-7H2,1-2H3,(H3,16,17). The van der Waals surface area contributed by atoms with Crippen LogP contribution in [-0.2, 0) is 0 Å². The summed E-state index contributed by atoms with van der Waals surface area (Å²) in [6.45, 7) is 5.67. The Bertz CT molecular complexity index is 557. The highest BCUT2D eigenvalue weighted by Crippen LogP contribution is 2.40. The fourth-order valence-corrected chi connectivity index (χ4v) is 3.79. The summed E-state index contributed by atoms with van der Waals surface area (Å²) in [6.07, 6.45) is 1.82. The summed E-state index contributed by atoms with van der Waals surface area (Å²) in [7, 11) is 0. The van der Waals surface area contributed by atoms with Gasteiger partial charge in [-0.1, -0.05) is 0 Å². The summed E-state index contributed by atoms with van der Waals surface area (Å²) in [5, 5.41) is 17.8. The molecule has 20 heavy (non-hydrogen) atoms. The SMILES string of the molecule is Cc1cc(C)c(C(=N)N)c(N2CC3CCC(O)C3C2)n1. The summed E-state index contributed by atoms with van der Waals surface area (Å²) in [5.74, 6) is 1.78. The zero-order valence-electron chi connectivity index (χ0n) is 12.1. The van der Waals surface area contributed by atoms with Crippen LogP contribution in [0.3, 0.4) is 0 Å². The van der Waals surface area contributed by atoms with E-state index in [1.54, 1.807) is 0 Å². The van der Waals surface area contributed by atoms with E-state index < -0.39 is 0 Å². The van der Waals surface area contributed by atoms with Gasteiger partial charge in [0.15, 0.2) is 0 Å². The van der Waals surface area contributed by atoms with Crippen LogP contribution in [0.4, 0.5) is 5.82 Å². The Hall–Kier alpha value is -1.62. The Labute approximate surface area is 119 Å². The molecule has 1 aromatic heterocycles. The normalized spacial score (nSPS) is 28.8. The average molecular weight is 274 g/mol. The molecule has 0 bridgehead atoms. The van der Waals surface area contributed by atoms with Crippen LogP contribution in [0.2, 0.25) is 0 Å². The Morgan fingerprint density at radius 3 is 2.80 bits per heavy atom. The molecule has 1 saturated heterocycles. The summed E-state index contributed by atoms with van der Waals surface area (Å²) in [4.78, 5) is 6.82. The fourth-order valence-electron chi connectivity index (χ4n) is 3.79. The minimum atomic E-state index is -0.184. The molecule has 0 amide bonds. The zero-order chi connectivity index (χ0) is 14.4. The molecule has 0 aromatic carbocycles. The number of aryl methyl sites for hydroxylation is 2. The van der Waals surface area contributed by atoms with Gasteiger partial charge in [-0.15, -0.1) is 0 Å². The Morgan fingerprint density at radius 2 is 2.15 bits per heavy atom. The van der Waals surface area contributed by atoms with Crippen molar-refractivity contribution in [3.05, 3.63) is 22.9 Å². The first-order valence-electron chi connectivity index (χ1n) is 7.23. The van der Waals surface area contributed by atoms with Gasteiger partial charge in [0, 0.05) is 24.7 Å². The molecule has 0 radical (unpaired) electrons. The molecule has 2 aliphatic rings. The molecule has 2 fully saturated rings. The van der Waals surface area contributed by atoms with Crippen molar-refractivity contribution in [3.63, 3.8) is 0 Å². The second-order valence-corrected chi connectivity index (χ2v) is 6.17. The number of nitrogens with zero attached hydrogens (tertiary/aromatic N) is 2. The van der Waals surface area contributed by atoms with Gasteiger partial charge >= 0.3 is 0 Å². The number of anilines is 1. The topological polar surface area (TPSA) is 86.2 Å². The Morgan fingerprint density at radius 1 is 1.40 bits per heavy atom. The summed E-state index contributed by atoms with van der Waals surface area (Å²) >= 11 is 0. The van der Waals surface area contributed by atoms with Gasteiger partial charge in [-0.2, -0.15) is 0 Å². The molecule has 2 heterocycles. The van der Waals surface area contributed by atoms with Gasteiger partial charge in [-0.25, -0.2) is 4.98 Å². The number of rotatable bonds is 2. The maximum Gasteiger partial charge on any atom is 0.140 e. The lowest BCUT2D eigenvalue weighted by atomic mass is 10.00.